The lowest BCUT2D eigenvalue weighted by atomic mass is 10.2. The molecule has 0 saturated carbocycles. The lowest BCUT2D eigenvalue weighted by Gasteiger charge is -2.20. The first kappa shape index (κ1) is 23.1. The summed E-state index contributed by atoms with van der Waals surface area (Å²) in [6.07, 6.45) is 3.32. The van der Waals surface area contributed by atoms with Crippen molar-refractivity contribution in [2.24, 2.45) is 0 Å². The largest absolute Gasteiger partial charge is 0.493 e. The third-order valence-electron chi connectivity index (χ3n) is 4.83. The molecule has 2 aromatic carbocycles. The number of carbonyl (C=O) groups excluding carboxylic acids is 1. The smallest absolute Gasteiger partial charge is 0.252 e. The maximum absolute atomic E-state index is 13.1. The molecule has 1 heterocycles. The number of aryl methyl sites for hydroxylation is 1. The van der Waals surface area contributed by atoms with Gasteiger partial charge in [-0.15, -0.1) is 0 Å². The molecule has 6 nitrogen and oxygen atoms in total. The summed E-state index contributed by atoms with van der Waals surface area (Å²) in [5.41, 5.74) is 2.59. The summed E-state index contributed by atoms with van der Waals surface area (Å²) < 4.78 is 11.6. The zero-order valence-electron chi connectivity index (χ0n) is 18.3. The first-order valence-electron chi connectivity index (χ1n) is 9.76. The number of ether oxygens (including phenoxy) is 2. The van der Waals surface area contributed by atoms with E-state index >= 15 is 0 Å². The van der Waals surface area contributed by atoms with Crippen LogP contribution in [-0.2, 0) is 4.79 Å². The molecule has 164 valence electrons. The zero-order chi connectivity index (χ0) is 22.5. The quantitative estimate of drug-likeness (QED) is 0.449. The second-order valence-electron chi connectivity index (χ2n) is 7.26. The van der Waals surface area contributed by atoms with Crippen LogP contribution in [0, 0.1) is 6.92 Å². The third kappa shape index (κ3) is 5.36. The van der Waals surface area contributed by atoms with Crippen LogP contribution in [-0.4, -0.2) is 57.2 Å². The number of hydrogen-bond acceptors (Lipinski definition) is 6. The van der Waals surface area contributed by atoms with Gasteiger partial charge in [-0.25, -0.2) is 4.98 Å². The fraction of sp³-hybridized carbons (Fsp3) is 0.304. The molecule has 0 spiro atoms. The van der Waals surface area contributed by atoms with Crippen LogP contribution in [0.1, 0.15) is 11.1 Å². The van der Waals surface area contributed by atoms with Crippen molar-refractivity contribution in [3.8, 4) is 11.5 Å². The van der Waals surface area contributed by atoms with Crippen LogP contribution >= 0.6 is 22.9 Å². The molecule has 0 fully saturated rings. The van der Waals surface area contributed by atoms with Crippen molar-refractivity contribution < 1.29 is 14.3 Å². The van der Waals surface area contributed by atoms with Crippen molar-refractivity contribution in [2.75, 3.05) is 46.3 Å². The number of nitrogens with zero attached hydrogens (tertiary/aromatic N) is 3. The van der Waals surface area contributed by atoms with Gasteiger partial charge in [0.1, 0.15) is 0 Å². The van der Waals surface area contributed by atoms with E-state index in [2.05, 4.69) is 0 Å². The highest BCUT2D eigenvalue weighted by atomic mass is 35.5. The highest BCUT2D eigenvalue weighted by Gasteiger charge is 2.19. The predicted molar refractivity (Wildman–Crippen MR) is 129 cm³/mol. The minimum atomic E-state index is -0.139. The van der Waals surface area contributed by atoms with E-state index in [0.717, 1.165) is 21.3 Å². The molecule has 0 saturated heterocycles. The number of hydrogen-bond donors (Lipinski definition) is 0. The molecule has 31 heavy (non-hydrogen) atoms. The van der Waals surface area contributed by atoms with E-state index in [1.807, 2.05) is 56.3 Å². The van der Waals surface area contributed by atoms with Gasteiger partial charge in [0.05, 0.1) is 24.4 Å². The zero-order valence-corrected chi connectivity index (χ0v) is 19.9. The fourth-order valence-electron chi connectivity index (χ4n) is 3.02. The Hall–Kier alpha value is -2.61. The lowest BCUT2D eigenvalue weighted by molar-refractivity contribution is -0.114. The van der Waals surface area contributed by atoms with Crippen LogP contribution < -0.4 is 14.4 Å². The second kappa shape index (κ2) is 10.1. The Bertz CT molecular complexity index is 1110. The predicted octanol–water partition coefficient (Wildman–Crippen LogP) is 4.88. The minimum absolute atomic E-state index is 0.139. The Morgan fingerprint density at radius 2 is 1.87 bits per heavy atom. The van der Waals surface area contributed by atoms with Crippen molar-refractivity contribution in [1.29, 1.82) is 0 Å². The van der Waals surface area contributed by atoms with Gasteiger partial charge in [-0.05, 0) is 62.5 Å². The van der Waals surface area contributed by atoms with Gasteiger partial charge < -0.3 is 14.4 Å². The van der Waals surface area contributed by atoms with E-state index in [-0.39, 0.29) is 5.91 Å². The number of thiazole rings is 1. The third-order valence-corrected chi connectivity index (χ3v) is 6.28. The number of rotatable bonds is 8. The molecule has 0 N–H and O–H groups in total. The second-order valence-corrected chi connectivity index (χ2v) is 8.67. The van der Waals surface area contributed by atoms with Crippen molar-refractivity contribution in [3.05, 3.63) is 52.6 Å². The molecule has 3 aromatic rings. The normalized spacial score (nSPS) is 11.5. The van der Waals surface area contributed by atoms with Gasteiger partial charge in [0.25, 0.3) is 5.91 Å². The summed E-state index contributed by atoms with van der Waals surface area (Å²) in [7, 11) is 7.13. The number of amides is 1. The number of fused-ring (bicyclic) bond motifs is 1. The Labute approximate surface area is 191 Å². The molecule has 1 amide bonds. The van der Waals surface area contributed by atoms with E-state index in [1.165, 1.54) is 11.3 Å². The van der Waals surface area contributed by atoms with Crippen LogP contribution in [0.3, 0.4) is 0 Å². The van der Waals surface area contributed by atoms with Crippen LogP contribution in [0.2, 0.25) is 5.02 Å². The Kier molecular flexibility index (Phi) is 7.54. The maximum Gasteiger partial charge on any atom is 0.252 e. The van der Waals surface area contributed by atoms with E-state index in [1.54, 1.807) is 31.3 Å². The average Bonchev–Trinajstić information content (AvgIpc) is 3.19. The summed E-state index contributed by atoms with van der Waals surface area (Å²) in [6, 6.07) is 9.32. The summed E-state index contributed by atoms with van der Waals surface area (Å²) in [4.78, 5) is 21.6. The van der Waals surface area contributed by atoms with E-state index in [9.17, 15) is 4.79 Å². The summed E-state index contributed by atoms with van der Waals surface area (Å²) in [6.45, 7) is 3.18. The molecule has 0 atom stereocenters. The Morgan fingerprint density at radius 3 is 2.55 bits per heavy atom. The molecular weight excluding hydrogens is 434 g/mol. The highest BCUT2D eigenvalue weighted by Crippen LogP contribution is 2.34. The van der Waals surface area contributed by atoms with Gasteiger partial charge in [0.15, 0.2) is 16.6 Å². The monoisotopic (exact) mass is 459 g/mol. The standard InChI is InChI=1S/C23H26ClN3O3S/c1-15-17(24)8-10-20-22(15)25-23(31-20)27(13-12-26(2)3)21(28)11-7-16-6-9-18(29-4)19(14-16)30-5/h6-11,14H,12-13H2,1-5H3. The van der Waals surface area contributed by atoms with Crippen molar-refractivity contribution in [3.63, 3.8) is 0 Å². The van der Waals surface area contributed by atoms with Crippen molar-refractivity contribution >= 4 is 50.3 Å². The molecule has 0 aliphatic rings. The molecule has 1 aromatic heterocycles. The topological polar surface area (TPSA) is 54.9 Å². The maximum atomic E-state index is 13.1. The minimum Gasteiger partial charge on any atom is -0.493 e. The number of anilines is 1. The van der Waals surface area contributed by atoms with E-state index in [0.29, 0.717) is 34.7 Å². The van der Waals surface area contributed by atoms with Gasteiger partial charge >= 0.3 is 0 Å². The van der Waals surface area contributed by atoms with Crippen molar-refractivity contribution in [1.82, 2.24) is 9.88 Å². The Balaban J connectivity index is 1.90. The fourth-order valence-corrected chi connectivity index (χ4v) is 4.23. The SMILES string of the molecule is COc1ccc(C=CC(=O)N(CCN(C)C)c2nc3c(C)c(Cl)ccc3s2)cc1OC. The van der Waals surface area contributed by atoms with Gasteiger partial charge in [-0.2, -0.15) is 0 Å². The van der Waals surface area contributed by atoms with Gasteiger partial charge in [0, 0.05) is 24.2 Å². The number of halogens is 1. The summed E-state index contributed by atoms with van der Waals surface area (Å²) in [5.74, 6) is 1.11. The van der Waals surface area contributed by atoms with Gasteiger partial charge in [-0.1, -0.05) is 29.0 Å². The summed E-state index contributed by atoms with van der Waals surface area (Å²) >= 11 is 7.74. The number of aromatic nitrogens is 1. The van der Waals surface area contributed by atoms with Crippen LogP contribution in [0.4, 0.5) is 5.13 Å². The number of benzene rings is 2. The van der Waals surface area contributed by atoms with Crippen LogP contribution in [0.5, 0.6) is 11.5 Å². The number of methoxy groups -OCH3 is 2. The van der Waals surface area contributed by atoms with Crippen LogP contribution in [0.15, 0.2) is 36.4 Å². The van der Waals surface area contributed by atoms with Crippen LogP contribution in [0.25, 0.3) is 16.3 Å². The Morgan fingerprint density at radius 1 is 1.13 bits per heavy atom. The average molecular weight is 460 g/mol. The highest BCUT2D eigenvalue weighted by molar-refractivity contribution is 7.22. The van der Waals surface area contributed by atoms with Gasteiger partial charge in [-0.3, -0.25) is 9.69 Å². The van der Waals surface area contributed by atoms with E-state index in [4.69, 9.17) is 26.1 Å². The number of carbonyl (C=O) groups is 1. The van der Waals surface area contributed by atoms with Gasteiger partial charge in [0.2, 0.25) is 0 Å². The first-order chi connectivity index (χ1) is 14.8. The lowest BCUT2D eigenvalue weighted by Crippen LogP contribution is -2.35. The molecule has 3 rings (SSSR count). The van der Waals surface area contributed by atoms with E-state index < -0.39 is 0 Å². The molecule has 0 aliphatic carbocycles. The molecular formula is C23H26ClN3O3S. The molecule has 0 bridgehead atoms. The van der Waals surface area contributed by atoms with Crippen molar-refractivity contribution in [2.45, 2.75) is 6.92 Å². The first-order valence-corrected chi connectivity index (χ1v) is 11.0. The number of likely N-dealkylation sites (N-methyl/N-ethyl adjacent to an activating group) is 1. The molecule has 0 aliphatic heterocycles. The summed E-state index contributed by atoms with van der Waals surface area (Å²) in [5, 5.41) is 1.33. The molecule has 0 radical (unpaired) electrons. The molecule has 0 unspecified atom stereocenters. The molecule has 8 heteroatoms.